The number of nitrogens with one attached hydrogen (secondary N) is 1. The van der Waals surface area contributed by atoms with Gasteiger partial charge in [0.05, 0.1) is 0 Å². The molecule has 16 heavy (non-hydrogen) atoms. The molecule has 1 aromatic carbocycles. The van der Waals surface area contributed by atoms with Crippen molar-refractivity contribution in [3.05, 3.63) is 29.5 Å². The molecule has 0 amide bonds. The van der Waals surface area contributed by atoms with E-state index in [4.69, 9.17) is 23.1 Å². The SMILES string of the molecule is Nc1cccc(Nc2nc(N)nc(Cl)n2)c1. The van der Waals surface area contributed by atoms with Crippen molar-refractivity contribution in [1.29, 1.82) is 0 Å². The Bertz CT molecular complexity index is 495. The van der Waals surface area contributed by atoms with Gasteiger partial charge in [-0.3, -0.25) is 0 Å². The van der Waals surface area contributed by atoms with Crippen LogP contribution in [0.25, 0.3) is 0 Å². The lowest BCUT2D eigenvalue weighted by Crippen LogP contribution is -2.03. The minimum atomic E-state index is 0.0407. The van der Waals surface area contributed by atoms with E-state index in [1.54, 1.807) is 12.1 Å². The molecule has 0 bridgehead atoms. The summed E-state index contributed by atoms with van der Waals surface area (Å²) in [6.45, 7) is 0. The van der Waals surface area contributed by atoms with Crippen LogP contribution in [0.1, 0.15) is 0 Å². The quantitative estimate of drug-likeness (QED) is 0.682. The highest BCUT2D eigenvalue weighted by atomic mass is 35.5. The molecular formula is C9H9ClN6. The Kier molecular flexibility index (Phi) is 2.74. The van der Waals surface area contributed by atoms with Crippen LogP contribution in [-0.2, 0) is 0 Å². The number of benzene rings is 1. The van der Waals surface area contributed by atoms with E-state index in [2.05, 4.69) is 20.3 Å². The number of rotatable bonds is 2. The summed E-state index contributed by atoms with van der Waals surface area (Å²) in [6, 6.07) is 7.15. The predicted octanol–water partition coefficient (Wildman–Crippen LogP) is 1.43. The topological polar surface area (TPSA) is 103 Å². The Balaban J connectivity index is 2.27. The van der Waals surface area contributed by atoms with Crippen LogP contribution in [0.5, 0.6) is 0 Å². The van der Waals surface area contributed by atoms with E-state index in [1.807, 2.05) is 12.1 Å². The third-order valence-corrected chi connectivity index (χ3v) is 1.94. The zero-order chi connectivity index (χ0) is 11.5. The molecule has 0 unspecified atom stereocenters. The average molecular weight is 237 g/mol. The van der Waals surface area contributed by atoms with Crippen molar-refractivity contribution >= 4 is 34.9 Å². The highest BCUT2D eigenvalue weighted by molar-refractivity contribution is 6.28. The fraction of sp³-hybridized carbons (Fsp3) is 0. The van der Waals surface area contributed by atoms with Gasteiger partial charge in [-0.05, 0) is 29.8 Å². The van der Waals surface area contributed by atoms with Crippen molar-refractivity contribution in [2.75, 3.05) is 16.8 Å². The molecule has 0 aliphatic carbocycles. The summed E-state index contributed by atoms with van der Waals surface area (Å²) in [5, 5.41) is 2.96. The zero-order valence-electron chi connectivity index (χ0n) is 8.18. The largest absolute Gasteiger partial charge is 0.399 e. The molecule has 6 nitrogen and oxygen atoms in total. The van der Waals surface area contributed by atoms with Crippen molar-refractivity contribution in [3.63, 3.8) is 0 Å². The number of hydrogen-bond donors (Lipinski definition) is 3. The summed E-state index contributed by atoms with van der Waals surface area (Å²) in [7, 11) is 0. The maximum atomic E-state index is 5.64. The summed E-state index contributed by atoms with van der Waals surface area (Å²) >= 11 is 5.64. The first-order valence-electron chi connectivity index (χ1n) is 4.43. The van der Waals surface area contributed by atoms with Gasteiger partial charge in [0.2, 0.25) is 17.2 Å². The number of hydrogen-bond acceptors (Lipinski definition) is 6. The third kappa shape index (κ3) is 2.48. The van der Waals surface area contributed by atoms with Gasteiger partial charge in [-0.1, -0.05) is 6.07 Å². The Morgan fingerprint density at radius 1 is 1.12 bits per heavy atom. The molecule has 0 atom stereocenters. The second-order valence-corrected chi connectivity index (χ2v) is 3.37. The van der Waals surface area contributed by atoms with E-state index < -0.39 is 0 Å². The molecule has 2 aromatic rings. The van der Waals surface area contributed by atoms with E-state index >= 15 is 0 Å². The minimum absolute atomic E-state index is 0.0407. The third-order valence-electron chi connectivity index (χ3n) is 1.77. The van der Waals surface area contributed by atoms with Gasteiger partial charge in [-0.2, -0.15) is 15.0 Å². The lowest BCUT2D eigenvalue weighted by Gasteiger charge is -2.05. The van der Waals surface area contributed by atoms with Gasteiger partial charge in [0.25, 0.3) is 0 Å². The highest BCUT2D eigenvalue weighted by Crippen LogP contribution is 2.16. The number of nitrogens with zero attached hydrogens (tertiary/aromatic N) is 3. The molecule has 82 valence electrons. The zero-order valence-corrected chi connectivity index (χ0v) is 8.94. The van der Waals surface area contributed by atoms with Crippen LogP contribution in [-0.4, -0.2) is 15.0 Å². The first kappa shape index (κ1) is 10.4. The standard InChI is InChI=1S/C9H9ClN6/c10-7-14-8(12)16-9(15-7)13-6-3-1-2-5(11)4-6/h1-4H,11H2,(H3,12,13,14,15,16). The first-order chi connectivity index (χ1) is 7.63. The number of aromatic nitrogens is 3. The van der Waals surface area contributed by atoms with Gasteiger partial charge in [-0.25, -0.2) is 0 Å². The molecule has 0 aliphatic rings. The van der Waals surface area contributed by atoms with Gasteiger partial charge >= 0.3 is 0 Å². The molecule has 7 heteroatoms. The monoisotopic (exact) mass is 236 g/mol. The maximum absolute atomic E-state index is 5.64. The first-order valence-corrected chi connectivity index (χ1v) is 4.81. The van der Waals surface area contributed by atoms with Crippen LogP contribution in [0.15, 0.2) is 24.3 Å². The van der Waals surface area contributed by atoms with Crippen molar-refractivity contribution in [1.82, 2.24) is 15.0 Å². The second-order valence-electron chi connectivity index (χ2n) is 3.04. The molecular weight excluding hydrogens is 228 g/mol. The molecule has 0 saturated carbocycles. The summed E-state index contributed by atoms with van der Waals surface area (Å²) in [4.78, 5) is 11.4. The van der Waals surface area contributed by atoms with E-state index in [-0.39, 0.29) is 17.2 Å². The van der Waals surface area contributed by atoms with Gasteiger partial charge in [0.15, 0.2) is 0 Å². The van der Waals surface area contributed by atoms with Crippen molar-refractivity contribution < 1.29 is 0 Å². The fourth-order valence-corrected chi connectivity index (χ4v) is 1.33. The molecule has 0 spiro atoms. The van der Waals surface area contributed by atoms with Gasteiger partial charge < -0.3 is 16.8 Å². The second kappa shape index (κ2) is 4.19. The van der Waals surface area contributed by atoms with E-state index in [9.17, 15) is 0 Å². The lowest BCUT2D eigenvalue weighted by molar-refractivity contribution is 1.07. The van der Waals surface area contributed by atoms with Crippen LogP contribution in [0.4, 0.5) is 23.3 Å². The lowest BCUT2D eigenvalue weighted by atomic mass is 10.3. The smallest absolute Gasteiger partial charge is 0.233 e. The Labute approximate surface area is 96.7 Å². The van der Waals surface area contributed by atoms with E-state index in [0.717, 1.165) is 5.69 Å². The summed E-state index contributed by atoms with van der Waals surface area (Å²) in [5.74, 6) is 0.342. The normalized spacial score (nSPS) is 10.1. The molecule has 0 fully saturated rings. The Morgan fingerprint density at radius 3 is 2.62 bits per heavy atom. The highest BCUT2D eigenvalue weighted by Gasteiger charge is 2.02. The fourth-order valence-electron chi connectivity index (χ4n) is 1.17. The molecule has 2 rings (SSSR count). The number of halogens is 1. The number of nitrogen functional groups attached to an aromatic ring is 2. The Morgan fingerprint density at radius 2 is 1.94 bits per heavy atom. The predicted molar refractivity (Wildman–Crippen MR) is 63.4 cm³/mol. The molecule has 1 heterocycles. The maximum Gasteiger partial charge on any atom is 0.233 e. The van der Waals surface area contributed by atoms with E-state index in [0.29, 0.717) is 5.69 Å². The van der Waals surface area contributed by atoms with Crippen LogP contribution in [0.3, 0.4) is 0 Å². The van der Waals surface area contributed by atoms with E-state index in [1.165, 1.54) is 0 Å². The number of nitrogens with two attached hydrogens (primary N) is 2. The van der Waals surface area contributed by atoms with Crippen LogP contribution < -0.4 is 16.8 Å². The molecule has 0 aliphatic heterocycles. The van der Waals surface area contributed by atoms with Crippen LogP contribution >= 0.6 is 11.6 Å². The summed E-state index contributed by atoms with van der Waals surface area (Å²) < 4.78 is 0. The van der Waals surface area contributed by atoms with Gasteiger partial charge in [-0.15, -0.1) is 0 Å². The summed E-state index contributed by atoms with van der Waals surface area (Å²) in [5.41, 5.74) is 12.4. The molecule has 0 radical (unpaired) electrons. The van der Waals surface area contributed by atoms with Crippen molar-refractivity contribution in [3.8, 4) is 0 Å². The van der Waals surface area contributed by atoms with Crippen LogP contribution in [0, 0.1) is 0 Å². The summed E-state index contributed by atoms with van der Waals surface area (Å²) in [6.07, 6.45) is 0. The minimum Gasteiger partial charge on any atom is -0.399 e. The molecule has 1 aromatic heterocycles. The van der Waals surface area contributed by atoms with Crippen molar-refractivity contribution in [2.24, 2.45) is 0 Å². The van der Waals surface area contributed by atoms with Gasteiger partial charge in [0, 0.05) is 11.4 Å². The van der Waals surface area contributed by atoms with Crippen LogP contribution in [0.2, 0.25) is 5.28 Å². The molecule has 5 N–H and O–H groups in total. The number of anilines is 4. The molecule has 0 saturated heterocycles. The van der Waals surface area contributed by atoms with Gasteiger partial charge in [0.1, 0.15) is 0 Å². The van der Waals surface area contributed by atoms with Crippen molar-refractivity contribution in [2.45, 2.75) is 0 Å². The Hall–Kier alpha value is -2.08. The average Bonchev–Trinajstić information content (AvgIpc) is 2.15.